The Balaban J connectivity index is 0.00000180. The fraction of sp³-hybridized carbons (Fsp3) is 0.917. The quantitative estimate of drug-likeness (QED) is 0.432. The number of hydrogen-bond acceptors (Lipinski definition) is 4. The van der Waals surface area contributed by atoms with Crippen LogP contribution >= 0.6 is 47.5 Å². The molecule has 0 radical (unpaired) electrons. The van der Waals surface area contributed by atoms with Crippen LogP contribution in [0.2, 0.25) is 0 Å². The summed E-state index contributed by atoms with van der Waals surface area (Å²) in [5.41, 5.74) is 6.11. The van der Waals surface area contributed by atoms with E-state index in [2.05, 4.69) is 16.1 Å². The number of nitrogens with zero attached hydrogens (tertiary/aromatic N) is 2. The number of ether oxygens (including phenoxy) is 1. The number of guanidine groups is 1. The number of nitrogens with two attached hydrogens (primary N) is 1. The van der Waals surface area contributed by atoms with Gasteiger partial charge in [-0.15, -0.1) is 24.0 Å². The predicted octanol–water partition coefficient (Wildman–Crippen LogP) is 1.88. The molecular weight excluding hydrogens is 393 g/mol. The van der Waals surface area contributed by atoms with Crippen molar-refractivity contribution in [3.8, 4) is 0 Å². The van der Waals surface area contributed by atoms with E-state index in [9.17, 15) is 0 Å². The Hall–Kier alpha value is 0.660. The van der Waals surface area contributed by atoms with Crippen molar-refractivity contribution in [1.82, 2.24) is 4.90 Å². The van der Waals surface area contributed by atoms with E-state index in [0.29, 0.717) is 0 Å². The first-order valence-corrected chi connectivity index (χ1v) is 8.89. The zero-order valence-corrected chi connectivity index (χ0v) is 15.4. The van der Waals surface area contributed by atoms with Crippen LogP contribution in [0.15, 0.2) is 4.99 Å². The minimum Gasteiger partial charge on any atom is -0.381 e. The molecule has 0 aromatic heterocycles. The molecule has 0 unspecified atom stereocenters. The van der Waals surface area contributed by atoms with Crippen LogP contribution in [0.3, 0.4) is 0 Å². The summed E-state index contributed by atoms with van der Waals surface area (Å²) in [5, 5.41) is 0. The number of hydrogen-bond donors (Lipinski definition) is 1. The highest BCUT2D eigenvalue weighted by Gasteiger charge is 2.31. The molecule has 0 aliphatic carbocycles. The highest BCUT2D eigenvalue weighted by Crippen LogP contribution is 2.34. The molecule has 112 valence electrons. The van der Waals surface area contributed by atoms with Crippen molar-refractivity contribution in [2.45, 2.75) is 17.6 Å². The summed E-state index contributed by atoms with van der Waals surface area (Å²) in [4.78, 5) is 6.86. The Morgan fingerprint density at radius 2 is 2.00 bits per heavy atom. The van der Waals surface area contributed by atoms with Crippen LogP contribution in [0.1, 0.15) is 12.8 Å². The highest BCUT2D eigenvalue weighted by molar-refractivity contribution is 14.0. The third-order valence-electron chi connectivity index (χ3n) is 3.70. The molecule has 2 saturated heterocycles. The Kier molecular flexibility index (Phi) is 8.24. The van der Waals surface area contributed by atoms with Gasteiger partial charge in [0.15, 0.2) is 5.96 Å². The monoisotopic (exact) mass is 417 g/mol. The summed E-state index contributed by atoms with van der Waals surface area (Å²) in [6, 6.07) is 0. The van der Waals surface area contributed by atoms with Gasteiger partial charge in [-0.05, 0) is 19.1 Å². The summed E-state index contributed by atoms with van der Waals surface area (Å²) in [6.45, 7) is 4.62. The first-order valence-electron chi connectivity index (χ1n) is 6.51. The molecule has 2 rings (SSSR count). The van der Waals surface area contributed by atoms with Crippen molar-refractivity contribution in [2.75, 3.05) is 50.6 Å². The maximum Gasteiger partial charge on any atom is 0.191 e. The maximum atomic E-state index is 6.11. The van der Waals surface area contributed by atoms with Gasteiger partial charge in [-0.3, -0.25) is 4.99 Å². The molecule has 2 aliphatic heterocycles. The molecule has 0 saturated carbocycles. The van der Waals surface area contributed by atoms with Gasteiger partial charge in [-0.1, -0.05) is 0 Å². The Bertz CT molecular complexity index is 293. The molecule has 7 heteroatoms. The van der Waals surface area contributed by atoms with E-state index < -0.39 is 0 Å². The first kappa shape index (κ1) is 17.7. The fourth-order valence-corrected chi connectivity index (χ4v) is 3.96. The van der Waals surface area contributed by atoms with E-state index >= 15 is 0 Å². The summed E-state index contributed by atoms with van der Waals surface area (Å²) in [7, 11) is 0. The normalized spacial score (nSPS) is 23.8. The van der Waals surface area contributed by atoms with E-state index in [1.807, 2.05) is 23.5 Å². The smallest absolute Gasteiger partial charge is 0.191 e. The molecular formula is C12H24IN3OS2. The Morgan fingerprint density at radius 1 is 1.37 bits per heavy atom. The van der Waals surface area contributed by atoms with E-state index in [1.165, 1.54) is 0 Å². The average molecular weight is 417 g/mol. The summed E-state index contributed by atoms with van der Waals surface area (Å²) in [6.07, 6.45) is 4.34. The van der Waals surface area contributed by atoms with Gasteiger partial charge in [-0.25, -0.2) is 0 Å². The molecule has 2 heterocycles. The molecule has 0 aromatic rings. The van der Waals surface area contributed by atoms with Gasteiger partial charge in [0, 0.05) is 42.6 Å². The molecule has 0 atom stereocenters. The molecule has 0 aromatic carbocycles. The number of thioether (sulfide) groups is 2. The summed E-state index contributed by atoms with van der Waals surface area (Å²) < 4.78 is 5.69. The van der Waals surface area contributed by atoms with Gasteiger partial charge in [0.1, 0.15) is 0 Å². The van der Waals surface area contributed by atoms with Crippen LogP contribution in [0.4, 0.5) is 0 Å². The third kappa shape index (κ3) is 5.17. The molecule has 0 bridgehead atoms. The SMILES string of the molecule is CSC1(CN=C(N)N2CCSCC2)CCOCC1.I. The van der Waals surface area contributed by atoms with Crippen molar-refractivity contribution in [1.29, 1.82) is 0 Å². The number of rotatable bonds is 3. The maximum absolute atomic E-state index is 6.11. The van der Waals surface area contributed by atoms with Crippen LogP contribution in [0, 0.1) is 0 Å². The summed E-state index contributed by atoms with van der Waals surface area (Å²) in [5.74, 6) is 3.06. The lowest BCUT2D eigenvalue weighted by Gasteiger charge is -2.35. The average Bonchev–Trinajstić information content (AvgIpc) is 2.47. The van der Waals surface area contributed by atoms with Crippen molar-refractivity contribution in [3.05, 3.63) is 0 Å². The van der Waals surface area contributed by atoms with Gasteiger partial charge < -0.3 is 15.4 Å². The van der Waals surface area contributed by atoms with Crippen molar-refractivity contribution >= 4 is 53.5 Å². The van der Waals surface area contributed by atoms with Gasteiger partial charge in [0.05, 0.1) is 6.54 Å². The molecule has 19 heavy (non-hydrogen) atoms. The van der Waals surface area contributed by atoms with Crippen molar-refractivity contribution in [3.63, 3.8) is 0 Å². The molecule has 0 spiro atoms. The van der Waals surface area contributed by atoms with E-state index in [-0.39, 0.29) is 28.7 Å². The van der Waals surface area contributed by atoms with Crippen LogP contribution in [0.25, 0.3) is 0 Å². The second kappa shape index (κ2) is 8.84. The lowest BCUT2D eigenvalue weighted by molar-refractivity contribution is 0.0794. The Morgan fingerprint density at radius 3 is 2.58 bits per heavy atom. The first-order chi connectivity index (χ1) is 8.76. The second-order valence-electron chi connectivity index (χ2n) is 4.77. The predicted molar refractivity (Wildman–Crippen MR) is 97.1 cm³/mol. The van der Waals surface area contributed by atoms with E-state index in [4.69, 9.17) is 10.5 Å². The zero-order valence-electron chi connectivity index (χ0n) is 11.5. The van der Waals surface area contributed by atoms with Crippen molar-refractivity contribution < 1.29 is 4.74 Å². The van der Waals surface area contributed by atoms with Gasteiger partial charge in [-0.2, -0.15) is 23.5 Å². The topological polar surface area (TPSA) is 50.8 Å². The van der Waals surface area contributed by atoms with Crippen LogP contribution in [-0.2, 0) is 4.74 Å². The zero-order chi connectivity index (χ0) is 12.8. The standard InChI is InChI=1S/C12H23N3OS2.HI/c1-17-12(2-6-16-7-3-12)10-14-11(13)15-4-8-18-9-5-15;/h2-10H2,1H3,(H2,13,14);1H. The third-order valence-corrected chi connectivity index (χ3v) is 6.05. The number of halogens is 1. The van der Waals surface area contributed by atoms with Crippen LogP contribution in [-0.4, -0.2) is 66.2 Å². The highest BCUT2D eigenvalue weighted by atomic mass is 127. The van der Waals surface area contributed by atoms with E-state index in [1.54, 1.807) is 0 Å². The number of aliphatic imine (C=N–C) groups is 1. The minimum absolute atomic E-state index is 0. The molecule has 2 N–H and O–H groups in total. The van der Waals surface area contributed by atoms with Crippen LogP contribution in [0.5, 0.6) is 0 Å². The summed E-state index contributed by atoms with van der Waals surface area (Å²) >= 11 is 3.91. The second-order valence-corrected chi connectivity index (χ2v) is 7.27. The van der Waals surface area contributed by atoms with Gasteiger partial charge in [0.2, 0.25) is 0 Å². The van der Waals surface area contributed by atoms with E-state index in [0.717, 1.165) is 63.2 Å². The van der Waals surface area contributed by atoms with Gasteiger partial charge in [0.25, 0.3) is 0 Å². The largest absolute Gasteiger partial charge is 0.381 e. The minimum atomic E-state index is 0. The lowest BCUT2D eigenvalue weighted by Crippen LogP contribution is -2.44. The lowest BCUT2D eigenvalue weighted by atomic mass is 9.99. The molecule has 4 nitrogen and oxygen atoms in total. The van der Waals surface area contributed by atoms with Gasteiger partial charge >= 0.3 is 0 Å². The van der Waals surface area contributed by atoms with Crippen molar-refractivity contribution in [2.24, 2.45) is 10.7 Å². The molecule has 2 fully saturated rings. The molecule has 0 amide bonds. The Labute approximate surface area is 141 Å². The molecule has 2 aliphatic rings. The fourth-order valence-electron chi connectivity index (χ4n) is 2.29. The van der Waals surface area contributed by atoms with Crippen LogP contribution < -0.4 is 5.73 Å².